The highest BCUT2D eigenvalue weighted by atomic mass is 19.1. The monoisotopic (exact) mass is 230 g/mol. The molecule has 2 heterocycles. The normalized spacial score (nSPS) is 29.5. The number of ether oxygens (including phenoxy) is 1. The van der Waals surface area contributed by atoms with Gasteiger partial charge in [0.15, 0.2) is 6.23 Å². The number of H-pyrrole nitrogens is 1. The lowest BCUT2D eigenvalue weighted by Gasteiger charge is -2.15. The lowest BCUT2D eigenvalue weighted by atomic mass is 10.2. The number of aromatic nitrogens is 2. The third-order valence-electron chi connectivity index (χ3n) is 2.46. The summed E-state index contributed by atoms with van der Waals surface area (Å²) >= 11 is 0. The molecule has 0 spiro atoms. The number of alkyl halides is 1. The summed E-state index contributed by atoms with van der Waals surface area (Å²) in [4.78, 5) is 24.2. The van der Waals surface area contributed by atoms with Gasteiger partial charge in [0, 0.05) is 18.7 Å². The Morgan fingerprint density at radius 3 is 2.94 bits per heavy atom. The Labute approximate surface area is 89.3 Å². The maximum absolute atomic E-state index is 13.5. The summed E-state index contributed by atoms with van der Waals surface area (Å²) in [6.45, 7) is -0.297. The highest BCUT2D eigenvalue weighted by molar-refractivity contribution is 4.88. The molecule has 0 aromatic carbocycles. The average molecular weight is 230 g/mol. The van der Waals surface area contributed by atoms with Crippen LogP contribution in [0.4, 0.5) is 4.39 Å². The lowest BCUT2D eigenvalue weighted by molar-refractivity contribution is -0.0394. The molecule has 0 bridgehead atoms. The Hall–Kier alpha value is -1.47. The summed E-state index contributed by atoms with van der Waals surface area (Å²) in [5.41, 5.74) is -1.27. The third-order valence-corrected chi connectivity index (χ3v) is 2.46. The fraction of sp³-hybridized carbons (Fsp3) is 0.556. The van der Waals surface area contributed by atoms with Crippen molar-refractivity contribution < 1.29 is 14.2 Å². The molecule has 3 atom stereocenters. The van der Waals surface area contributed by atoms with E-state index in [0.717, 1.165) is 10.6 Å². The zero-order valence-corrected chi connectivity index (χ0v) is 8.30. The molecular weight excluding hydrogens is 219 g/mol. The number of nitrogens with zero attached hydrogens (tertiary/aromatic N) is 1. The number of aliphatic hydroxyl groups excluding tert-OH is 1. The number of halogens is 1. The number of hydrogen-bond donors (Lipinski definition) is 2. The van der Waals surface area contributed by atoms with Crippen LogP contribution in [0.1, 0.15) is 12.6 Å². The van der Waals surface area contributed by atoms with Gasteiger partial charge >= 0.3 is 5.69 Å². The van der Waals surface area contributed by atoms with Gasteiger partial charge < -0.3 is 9.84 Å². The Morgan fingerprint density at radius 1 is 1.62 bits per heavy atom. The van der Waals surface area contributed by atoms with Gasteiger partial charge in [0.1, 0.15) is 6.17 Å². The Balaban J connectivity index is 2.31. The van der Waals surface area contributed by atoms with Gasteiger partial charge in [0.25, 0.3) is 5.56 Å². The minimum atomic E-state index is -1.37. The molecule has 1 aromatic rings. The molecule has 1 aromatic heterocycles. The van der Waals surface area contributed by atoms with Crippen molar-refractivity contribution in [2.75, 3.05) is 6.61 Å². The highest BCUT2D eigenvalue weighted by Gasteiger charge is 2.36. The summed E-state index contributed by atoms with van der Waals surface area (Å²) in [6.07, 6.45) is -1.86. The van der Waals surface area contributed by atoms with Gasteiger partial charge in [-0.25, -0.2) is 9.18 Å². The molecule has 1 fully saturated rings. The third kappa shape index (κ3) is 1.91. The number of rotatable bonds is 2. The predicted molar refractivity (Wildman–Crippen MR) is 51.8 cm³/mol. The van der Waals surface area contributed by atoms with Crippen molar-refractivity contribution in [2.24, 2.45) is 0 Å². The first-order chi connectivity index (χ1) is 7.61. The summed E-state index contributed by atoms with van der Waals surface area (Å²) in [5, 5.41) is 8.83. The van der Waals surface area contributed by atoms with Gasteiger partial charge in [-0.15, -0.1) is 0 Å². The number of nitrogens with one attached hydrogen (secondary N) is 1. The molecule has 1 unspecified atom stereocenters. The van der Waals surface area contributed by atoms with Crippen molar-refractivity contribution in [1.29, 1.82) is 0 Å². The Kier molecular flexibility index (Phi) is 2.88. The van der Waals surface area contributed by atoms with E-state index in [4.69, 9.17) is 9.84 Å². The Bertz CT molecular complexity index is 483. The number of aromatic amines is 1. The van der Waals surface area contributed by atoms with Crippen LogP contribution in [0.5, 0.6) is 0 Å². The first-order valence-electron chi connectivity index (χ1n) is 4.83. The van der Waals surface area contributed by atoms with Gasteiger partial charge in [-0.1, -0.05) is 0 Å². The SMILES string of the molecule is O=c1ccn(C2O[C@H](CO)C[C@H]2F)c(=O)[nH]1. The summed E-state index contributed by atoms with van der Waals surface area (Å²) in [7, 11) is 0. The van der Waals surface area contributed by atoms with Crippen molar-refractivity contribution in [3.63, 3.8) is 0 Å². The van der Waals surface area contributed by atoms with Crippen LogP contribution < -0.4 is 11.2 Å². The standard InChI is InChI=1S/C9H11FN2O4/c10-6-3-5(4-13)16-8(6)12-2-1-7(14)11-9(12)15/h1-2,5-6,8,13H,3-4H2,(H,11,14,15)/t5-,6+,8?/m0/s1. The molecule has 0 aliphatic carbocycles. The largest absolute Gasteiger partial charge is 0.394 e. The molecule has 88 valence electrons. The maximum Gasteiger partial charge on any atom is 0.330 e. The molecule has 16 heavy (non-hydrogen) atoms. The number of hydrogen-bond acceptors (Lipinski definition) is 4. The van der Waals surface area contributed by atoms with Crippen LogP contribution in [-0.4, -0.2) is 33.5 Å². The fourth-order valence-electron chi connectivity index (χ4n) is 1.69. The molecule has 7 heteroatoms. The topological polar surface area (TPSA) is 84.3 Å². The van der Waals surface area contributed by atoms with E-state index in [-0.39, 0.29) is 13.0 Å². The van der Waals surface area contributed by atoms with E-state index in [1.807, 2.05) is 4.98 Å². The van der Waals surface area contributed by atoms with Gasteiger partial charge in [0.2, 0.25) is 0 Å². The van der Waals surface area contributed by atoms with Crippen molar-refractivity contribution >= 4 is 0 Å². The van der Waals surface area contributed by atoms with Crippen LogP contribution in [-0.2, 0) is 4.74 Å². The van der Waals surface area contributed by atoms with Crippen molar-refractivity contribution in [1.82, 2.24) is 9.55 Å². The van der Waals surface area contributed by atoms with Crippen molar-refractivity contribution in [3.8, 4) is 0 Å². The van der Waals surface area contributed by atoms with E-state index in [1.54, 1.807) is 0 Å². The van der Waals surface area contributed by atoms with E-state index in [9.17, 15) is 14.0 Å². The molecule has 2 rings (SSSR count). The van der Waals surface area contributed by atoms with Crippen LogP contribution in [0.25, 0.3) is 0 Å². The number of aliphatic hydroxyl groups is 1. The molecule has 1 aliphatic rings. The first kappa shape index (κ1) is 11.0. The van der Waals surface area contributed by atoms with Crippen LogP contribution >= 0.6 is 0 Å². The summed E-state index contributed by atoms with van der Waals surface area (Å²) < 4.78 is 19.6. The Morgan fingerprint density at radius 2 is 2.38 bits per heavy atom. The molecule has 0 radical (unpaired) electrons. The lowest BCUT2D eigenvalue weighted by Crippen LogP contribution is -2.34. The van der Waals surface area contributed by atoms with Crippen molar-refractivity contribution in [2.45, 2.75) is 24.9 Å². The van der Waals surface area contributed by atoms with E-state index in [2.05, 4.69) is 0 Å². The molecule has 2 N–H and O–H groups in total. The molecule has 6 nitrogen and oxygen atoms in total. The zero-order chi connectivity index (χ0) is 11.7. The first-order valence-corrected chi connectivity index (χ1v) is 4.83. The minimum absolute atomic E-state index is 0.0345. The van der Waals surface area contributed by atoms with Crippen LogP contribution in [0.3, 0.4) is 0 Å². The van der Waals surface area contributed by atoms with Gasteiger partial charge in [-0.05, 0) is 0 Å². The second kappa shape index (κ2) is 4.18. The van der Waals surface area contributed by atoms with Crippen molar-refractivity contribution in [3.05, 3.63) is 33.1 Å². The predicted octanol–water partition coefficient (Wildman–Crippen LogP) is -0.846. The molecule has 1 saturated heterocycles. The van der Waals surface area contributed by atoms with Crippen LogP contribution in [0, 0.1) is 0 Å². The summed E-state index contributed by atoms with van der Waals surface area (Å²) in [6, 6.07) is 1.11. The van der Waals surface area contributed by atoms with Gasteiger partial charge in [0.05, 0.1) is 12.7 Å². The molecular formula is C9H11FN2O4. The smallest absolute Gasteiger partial charge is 0.330 e. The summed E-state index contributed by atoms with van der Waals surface area (Å²) in [5.74, 6) is 0. The molecule has 0 saturated carbocycles. The second-order valence-corrected chi connectivity index (χ2v) is 3.60. The average Bonchev–Trinajstić information content (AvgIpc) is 2.60. The van der Waals surface area contributed by atoms with E-state index in [0.29, 0.717) is 0 Å². The quantitative estimate of drug-likeness (QED) is 0.693. The van der Waals surface area contributed by atoms with E-state index in [1.165, 1.54) is 6.20 Å². The molecule has 1 aliphatic heterocycles. The van der Waals surface area contributed by atoms with Crippen LogP contribution in [0.2, 0.25) is 0 Å². The highest BCUT2D eigenvalue weighted by Crippen LogP contribution is 2.29. The van der Waals surface area contributed by atoms with Gasteiger partial charge in [-0.3, -0.25) is 14.3 Å². The second-order valence-electron chi connectivity index (χ2n) is 3.60. The zero-order valence-electron chi connectivity index (χ0n) is 8.30. The maximum atomic E-state index is 13.5. The van der Waals surface area contributed by atoms with Crippen LogP contribution in [0.15, 0.2) is 21.9 Å². The van der Waals surface area contributed by atoms with E-state index < -0.39 is 29.8 Å². The minimum Gasteiger partial charge on any atom is -0.394 e. The fourth-order valence-corrected chi connectivity index (χ4v) is 1.69. The van der Waals surface area contributed by atoms with Gasteiger partial charge in [-0.2, -0.15) is 0 Å². The van der Waals surface area contributed by atoms with E-state index >= 15 is 0 Å². The molecule has 0 amide bonds.